The molecule has 146 valence electrons. The van der Waals surface area contributed by atoms with Gasteiger partial charge in [-0.3, -0.25) is 19.4 Å². The maximum absolute atomic E-state index is 13.2. The van der Waals surface area contributed by atoms with E-state index in [4.69, 9.17) is 9.72 Å². The van der Waals surface area contributed by atoms with Crippen LogP contribution in [-0.4, -0.2) is 51.0 Å². The Morgan fingerprint density at radius 1 is 1.25 bits per heavy atom. The van der Waals surface area contributed by atoms with Crippen molar-refractivity contribution in [1.82, 2.24) is 24.7 Å². The number of hydrogen-bond acceptors (Lipinski definition) is 6. The van der Waals surface area contributed by atoms with Crippen LogP contribution in [0.4, 0.5) is 5.95 Å². The molecule has 2 aliphatic rings. The molecule has 1 N–H and O–H groups in total. The van der Waals surface area contributed by atoms with Crippen molar-refractivity contribution in [2.24, 2.45) is 12.5 Å². The van der Waals surface area contributed by atoms with Gasteiger partial charge in [-0.05, 0) is 43.7 Å². The van der Waals surface area contributed by atoms with Gasteiger partial charge in [-0.15, -0.1) is 0 Å². The normalized spacial score (nSPS) is 19.0. The van der Waals surface area contributed by atoms with E-state index in [1.54, 1.807) is 17.8 Å². The lowest BCUT2D eigenvalue weighted by Gasteiger charge is -2.39. The summed E-state index contributed by atoms with van der Waals surface area (Å²) in [6.07, 6.45) is 5.02. The van der Waals surface area contributed by atoms with Crippen LogP contribution in [0.15, 0.2) is 23.1 Å². The van der Waals surface area contributed by atoms with E-state index in [1.165, 1.54) is 0 Å². The smallest absolute Gasteiger partial charge is 0.266 e. The quantitative estimate of drug-likeness (QED) is 0.732. The van der Waals surface area contributed by atoms with E-state index in [1.807, 2.05) is 19.1 Å². The van der Waals surface area contributed by atoms with E-state index in [2.05, 4.69) is 20.1 Å². The van der Waals surface area contributed by atoms with Crippen molar-refractivity contribution < 1.29 is 4.74 Å². The van der Waals surface area contributed by atoms with Crippen molar-refractivity contribution in [3.05, 3.63) is 34.4 Å². The molecule has 5 heterocycles. The molecule has 0 amide bonds. The lowest BCUT2D eigenvalue weighted by atomic mass is 9.78. The SMILES string of the molecule is Cc1ncccc1-c1n[nH]c2nc(N3CCC4(CCOC4)CC3)n(C)c(=O)c12. The highest BCUT2D eigenvalue weighted by atomic mass is 16.5. The number of aryl methyl sites for hydroxylation is 1. The molecule has 0 radical (unpaired) electrons. The van der Waals surface area contributed by atoms with Crippen LogP contribution in [0.3, 0.4) is 0 Å². The molecule has 0 aromatic carbocycles. The highest BCUT2D eigenvalue weighted by Gasteiger charge is 2.38. The standard InChI is InChI=1S/C20H24N6O2/c1-13-14(4-3-8-21-13)16-15-17(24-23-16)22-19(25(2)18(15)27)26-9-5-20(6-10-26)7-11-28-12-20/h3-4,8H,5-7,9-12H2,1-2H3,(H,23,24). The second-order valence-electron chi connectivity index (χ2n) is 8.00. The van der Waals surface area contributed by atoms with Gasteiger partial charge in [0.1, 0.15) is 11.1 Å². The number of H-pyrrole nitrogens is 1. The zero-order chi connectivity index (χ0) is 19.3. The number of ether oxygens (including phenoxy) is 1. The van der Waals surface area contributed by atoms with E-state index in [9.17, 15) is 4.79 Å². The van der Waals surface area contributed by atoms with Gasteiger partial charge < -0.3 is 9.64 Å². The lowest BCUT2D eigenvalue weighted by Crippen LogP contribution is -2.43. The summed E-state index contributed by atoms with van der Waals surface area (Å²) in [6, 6.07) is 3.78. The van der Waals surface area contributed by atoms with Crippen molar-refractivity contribution in [1.29, 1.82) is 0 Å². The molecule has 2 saturated heterocycles. The maximum atomic E-state index is 13.2. The summed E-state index contributed by atoms with van der Waals surface area (Å²) < 4.78 is 7.27. The molecule has 3 aromatic heterocycles. The number of hydrogen-bond donors (Lipinski definition) is 1. The monoisotopic (exact) mass is 380 g/mol. The van der Waals surface area contributed by atoms with Crippen LogP contribution in [0, 0.1) is 12.3 Å². The van der Waals surface area contributed by atoms with Crippen LogP contribution in [-0.2, 0) is 11.8 Å². The van der Waals surface area contributed by atoms with E-state index in [0.29, 0.717) is 28.1 Å². The number of piperidine rings is 1. The molecule has 28 heavy (non-hydrogen) atoms. The van der Waals surface area contributed by atoms with Gasteiger partial charge >= 0.3 is 0 Å². The van der Waals surface area contributed by atoms with Gasteiger partial charge in [0.15, 0.2) is 5.65 Å². The summed E-state index contributed by atoms with van der Waals surface area (Å²) in [5.74, 6) is 0.698. The number of rotatable bonds is 2. The highest BCUT2D eigenvalue weighted by molar-refractivity contribution is 5.91. The number of aromatic amines is 1. The minimum Gasteiger partial charge on any atom is -0.381 e. The zero-order valence-electron chi connectivity index (χ0n) is 16.2. The number of aromatic nitrogens is 5. The molecule has 5 rings (SSSR count). The zero-order valence-corrected chi connectivity index (χ0v) is 16.2. The molecule has 0 unspecified atom stereocenters. The third-order valence-electron chi connectivity index (χ3n) is 6.33. The topological polar surface area (TPSA) is 88.9 Å². The molecule has 8 heteroatoms. The summed E-state index contributed by atoms with van der Waals surface area (Å²) in [4.78, 5) is 24.5. The fraction of sp³-hybridized carbons (Fsp3) is 0.500. The first-order valence-corrected chi connectivity index (χ1v) is 9.78. The third-order valence-corrected chi connectivity index (χ3v) is 6.33. The Kier molecular flexibility index (Phi) is 3.97. The molecule has 2 fully saturated rings. The van der Waals surface area contributed by atoms with Crippen LogP contribution in [0.5, 0.6) is 0 Å². The fourth-order valence-corrected chi connectivity index (χ4v) is 4.49. The van der Waals surface area contributed by atoms with Gasteiger partial charge in [0.25, 0.3) is 5.56 Å². The van der Waals surface area contributed by atoms with Crippen molar-refractivity contribution in [3.8, 4) is 11.3 Å². The van der Waals surface area contributed by atoms with Crippen LogP contribution in [0.2, 0.25) is 0 Å². The Bertz CT molecular complexity index is 1090. The number of pyridine rings is 1. The molecular formula is C20H24N6O2. The average molecular weight is 380 g/mol. The van der Waals surface area contributed by atoms with Gasteiger partial charge in [0.2, 0.25) is 5.95 Å². The number of fused-ring (bicyclic) bond motifs is 1. The van der Waals surface area contributed by atoms with Crippen molar-refractivity contribution >= 4 is 17.0 Å². The Labute approximate surface area is 162 Å². The lowest BCUT2D eigenvalue weighted by molar-refractivity contribution is 0.133. The van der Waals surface area contributed by atoms with E-state index in [-0.39, 0.29) is 5.56 Å². The second-order valence-corrected chi connectivity index (χ2v) is 8.00. The summed E-state index contributed by atoms with van der Waals surface area (Å²) in [5.41, 5.74) is 3.06. The van der Waals surface area contributed by atoms with Crippen LogP contribution < -0.4 is 10.5 Å². The van der Waals surface area contributed by atoms with Gasteiger partial charge in [-0.1, -0.05) is 0 Å². The molecule has 0 bridgehead atoms. The van der Waals surface area contributed by atoms with Crippen LogP contribution >= 0.6 is 0 Å². The molecule has 0 saturated carbocycles. The predicted molar refractivity (Wildman–Crippen MR) is 106 cm³/mol. The number of nitrogens with one attached hydrogen (secondary N) is 1. The molecule has 8 nitrogen and oxygen atoms in total. The Morgan fingerprint density at radius 3 is 2.79 bits per heavy atom. The molecule has 0 atom stereocenters. The summed E-state index contributed by atoms with van der Waals surface area (Å²) >= 11 is 0. The van der Waals surface area contributed by atoms with E-state index < -0.39 is 0 Å². The van der Waals surface area contributed by atoms with Crippen LogP contribution in [0.25, 0.3) is 22.3 Å². The van der Waals surface area contributed by atoms with Crippen molar-refractivity contribution in [2.75, 3.05) is 31.2 Å². The molecular weight excluding hydrogens is 356 g/mol. The van der Waals surface area contributed by atoms with E-state index in [0.717, 1.165) is 56.8 Å². The first kappa shape index (κ1) is 17.4. The Balaban J connectivity index is 1.53. The van der Waals surface area contributed by atoms with Gasteiger partial charge in [-0.25, -0.2) is 0 Å². The van der Waals surface area contributed by atoms with Gasteiger partial charge in [0, 0.05) is 44.2 Å². The van der Waals surface area contributed by atoms with Crippen LogP contribution in [0.1, 0.15) is 25.0 Å². The minimum atomic E-state index is -0.0866. The first-order chi connectivity index (χ1) is 13.6. The highest BCUT2D eigenvalue weighted by Crippen LogP contribution is 2.39. The average Bonchev–Trinajstić information content (AvgIpc) is 3.33. The largest absolute Gasteiger partial charge is 0.381 e. The molecule has 3 aromatic rings. The number of nitrogens with zero attached hydrogens (tertiary/aromatic N) is 5. The van der Waals surface area contributed by atoms with E-state index >= 15 is 0 Å². The second kappa shape index (κ2) is 6.41. The van der Waals surface area contributed by atoms with Gasteiger partial charge in [0.05, 0.1) is 6.61 Å². The number of anilines is 1. The third kappa shape index (κ3) is 2.63. The Hall–Kier alpha value is -2.74. The first-order valence-electron chi connectivity index (χ1n) is 9.78. The fourth-order valence-electron chi connectivity index (χ4n) is 4.49. The summed E-state index contributed by atoms with van der Waals surface area (Å²) in [7, 11) is 1.79. The maximum Gasteiger partial charge on any atom is 0.266 e. The van der Waals surface area contributed by atoms with Crippen molar-refractivity contribution in [3.63, 3.8) is 0 Å². The molecule has 1 spiro atoms. The summed E-state index contributed by atoms with van der Waals surface area (Å²) in [5, 5.41) is 7.87. The minimum absolute atomic E-state index is 0.0866. The van der Waals surface area contributed by atoms with Gasteiger partial charge in [-0.2, -0.15) is 10.1 Å². The Morgan fingerprint density at radius 2 is 2.07 bits per heavy atom. The van der Waals surface area contributed by atoms with Crippen molar-refractivity contribution in [2.45, 2.75) is 26.2 Å². The predicted octanol–water partition coefficient (Wildman–Crippen LogP) is 2.03. The molecule has 2 aliphatic heterocycles. The molecule has 0 aliphatic carbocycles. The summed E-state index contributed by atoms with van der Waals surface area (Å²) in [6.45, 7) is 5.42.